The van der Waals surface area contributed by atoms with Gasteiger partial charge in [0.05, 0.1) is 13.2 Å². The fourth-order valence-electron chi connectivity index (χ4n) is 1.55. The number of rotatable bonds is 7. The molecular formula is C12H16BrNO4. The van der Waals surface area contributed by atoms with Gasteiger partial charge in [-0.05, 0) is 18.2 Å². The maximum Gasteiger partial charge on any atom is 0.317 e. The number of hydrogen-bond donors (Lipinski definition) is 2. The van der Waals surface area contributed by atoms with Crippen LogP contribution in [0, 0.1) is 0 Å². The molecule has 1 rings (SSSR count). The smallest absolute Gasteiger partial charge is 0.317 e. The van der Waals surface area contributed by atoms with Gasteiger partial charge in [0.1, 0.15) is 5.75 Å². The Morgan fingerprint density at radius 3 is 2.83 bits per heavy atom. The molecule has 0 fully saturated rings. The number of benzene rings is 1. The Kier molecular flexibility index (Phi) is 6.11. The average Bonchev–Trinajstić information content (AvgIpc) is 2.30. The Hall–Kier alpha value is -1.11. The van der Waals surface area contributed by atoms with Crippen LogP contribution in [0.15, 0.2) is 22.7 Å². The lowest BCUT2D eigenvalue weighted by Gasteiger charge is -2.20. The molecule has 6 heteroatoms. The number of aliphatic carboxylic acids is 1. The molecule has 0 amide bonds. The van der Waals surface area contributed by atoms with Crippen LogP contribution in [0.5, 0.6) is 5.75 Å². The van der Waals surface area contributed by atoms with Crippen LogP contribution in [0.1, 0.15) is 5.56 Å². The molecule has 0 aliphatic rings. The van der Waals surface area contributed by atoms with Crippen LogP contribution >= 0.6 is 15.9 Å². The van der Waals surface area contributed by atoms with E-state index in [2.05, 4.69) is 15.9 Å². The number of carboxylic acid groups (broad SMARTS) is 1. The first-order chi connectivity index (χ1) is 8.52. The van der Waals surface area contributed by atoms with Crippen molar-refractivity contribution >= 4 is 21.9 Å². The van der Waals surface area contributed by atoms with E-state index in [-0.39, 0.29) is 12.3 Å². The van der Waals surface area contributed by atoms with E-state index in [1.807, 2.05) is 0 Å². The van der Waals surface area contributed by atoms with Crippen LogP contribution in [0.3, 0.4) is 0 Å². The lowest BCUT2D eigenvalue weighted by Crippen LogP contribution is -2.32. The summed E-state index contributed by atoms with van der Waals surface area (Å²) in [4.78, 5) is 12.5. The molecule has 0 spiro atoms. The summed E-state index contributed by atoms with van der Waals surface area (Å²) in [5, 5.41) is 18.5. The predicted octanol–water partition coefficient (Wildman–Crippen LogP) is 1.69. The molecule has 0 radical (unpaired) electrons. The predicted molar refractivity (Wildman–Crippen MR) is 70.6 cm³/mol. The van der Waals surface area contributed by atoms with Crippen molar-refractivity contribution in [1.82, 2.24) is 4.90 Å². The Balaban J connectivity index is 2.74. The molecule has 0 bridgehead atoms. The van der Waals surface area contributed by atoms with Crippen molar-refractivity contribution in [2.45, 2.75) is 6.54 Å². The number of phenols is 1. The Morgan fingerprint density at radius 1 is 1.50 bits per heavy atom. The standard InChI is InChI=1S/C12H16BrNO4/c1-18-5-4-14(8-12(16)17)7-9-6-10(13)2-3-11(9)15/h2-3,6,15H,4-5,7-8H2,1H3,(H,16,17). The maximum atomic E-state index is 10.8. The number of carbonyl (C=O) groups is 1. The van der Waals surface area contributed by atoms with Gasteiger partial charge in [-0.3, -0.25) is 9.69 Å². The second-order valence-corrected chi connectivity index (χ2v) is 4.79. The van der Waals surface area contributed by atoms with Crippen molar-refractivity contribution < 1.29 is 19.7 Å². The Bertz CT molecular complexity index is 411. The summed E-state index contributed by atoms with van der Waals surface area (Å²) in [6.45, 7) is 1.22. The van der Waals surface area contributed by atoms with E-state index in [1.165, 1.54) is 0 Å². The lowest BCUT2D eigenvalue weighted by molar-refractivity contribution is -0.138. The minimum Gasteiger partial charge on any atom is -0.508 e. The van der Waals surface area contributed by atoms with E-state index in [4.69, 9.17) is 9.84 Å². The average molecular weight is 318 g/mol. The largest absolute Gasteiger partial charge is 0.508 e. The summed E-state index contributed by atoms with van der Waals surface area (Å²) in [6, 6.07) is 5.08. The van der Waals surface area contributed by atoms with Crippen molar-refractivity contribution in [3.63, 3.8) is 0 Å². The van der Waals surface area contributed by atoms with Gasteiger partial charge in [0, 0.05) is 30.2 Å². The molecule has 0 unspecified atom stereocenters. The summed E-state index contributed by atoms with van der Waals surface area (Å²) in [5.74, 6) is -0.744. The zero-order valence-electron chi connectivity index (χ0n) is 10.1. The number of aromatic hydroxyl groups is 1. The molecule has 0 heterocycles. The van der Waals surface area contributed by atoms with Crippen LogP contribution in [-0.2, 0) is 16.1 Å². The van der Waals surface area contributed by atoms with Gasteiger partial charge >= 0.3 is 5.97 Å². The van der Waals surface area contributed by atoms with Crippen molar-refractivity contribution in [2.24, 2.45) is 0 Å². The first-order valence-electron chi connectivity index (χ1n) is 5.43. The minimum absolute atomic E-state index is 0.0880. The van der Waals surface area contributed by atoms with Crippen molar-refractivity contribution in [2.75, 3.05) is 26.8 Å². The van der Waals surface area contributed by atoms with Crippen LogP contribution in [0.4, 0.5) is 0 Å². The molecule has 0 aliphatic carbocycles. The van der Waals surface area contributed by atoms with Gasteiger partial charge in [-0.15, -0.1) is 0 Å². The van der Waals surface area contributed by atoms with Gasteiger partial charge in [0.2, 0.25) is 0 Å². The molecule has 0 atom stereocenters. The lowest BCUT2D eigenvalue weighted by atomic mass is 10.2. The molecule has 100 valence electrons. The number of nitrogens with zero attached hydrogens (tertiary/aromatic N) is 1. The van der Waals surface area contributed by atoms with E-state index in [0.717, 1.165) is 4.47 Å². The number of phenolic OH excluding ortho intramolecular Hbond substituents is 1. The van der Waals surface area contributed by atoms with Gasteiger partial charge < -0.3 is 14.9 Å². The zero-order chi connectivity index (χ0) is 13.5. The fraction of sp³-hybridized carbons (Fsp3) is 0.417. The van der Waals surface area contributed by atoms with E-state index < -0.39 is 5.97 Å². The molecule has 0 aromatic heterocycles. The Morgan fingerprint density at radius 2 is 2.22 bits per heavy atom. The van der Waals surface area contributed by atoms with Gasteiger partial charge in [-0.2, -0.15) is 0 Å². The monoisotopic (exact) mass is 317 g/mol. The van der Waals surface area contributed by atoms with E-state index >= 15 is 0 Å². The van der Waals surface area contributed by atoms with Crippen LogP contribution in [-0.4, -0.2) is 47.9 Å². The molecule has 0 aliphatic heterocycles. The molecule has 0 saturated heterocycles. The summed E-state index contributed by atoms with van der Waals surface area (Å²) >= 11 is 3.32. The third kappa shape index (κ3) is 5.03. The highest BCUT2D eigenvalue weighted by Gasteiger charge is 2.12. The van der Waals surface area contributed by atoms with Gasteiger partial charge in [-0.1, -0.05) is 15.9 Å². The SMILES string of the molecule is COCCN(CC(=O)O)Cc1cc(Br)ccc1O. The van der Waals surface area contributed by atoms with Crippen LogP contribution in [0.25, 0.3) is 0 Å². The zero-order valence-corrected chi connectivity index (χ0v) is 11.7. The second kappa shape index (κ2) is 7.35. The normalized spacial score (nSPS) is 10.8. The van der Waals surface area contributed by atoms with E-state index in [1.54, 1.807) is 30.2 Å². The second-order valence-electron chi connectivity index (χ2n) is 3.87. The molecular weight excluding hydrogens is 302 g/mol. The topological polar surface area (TPSA) is 70.0 Å². The van der Waals surface area contributed by atoms with Gasteiger partial charge in [-0.25, -0.2) is 0 Å². The molecule has 1 aromatic carbocycles. The molecule has 18 heavy (non-hydrogen) atoms. The number of methoxy groups -OCH3 is 1. The summed E-state index contributed by atoms with van der Waals surface area (Å²) in [5.41, 5.74) is 0.682. The number of halogens is 1. The number of hydrogen-bond acceptors (Lipinski definition) is 4. The summed E-state index contributed by atoms with van der Waals surface area (Å²) in [6.07, 6.45) is 0. The quantitative estimate of drug-likeness (QED) is 0.801. The summed E-state index contributed by atoms with van der Waals surface area (Å²) < 4.78 is 5.78. The van der Waals surface area contributed by atoms with Gasteiger partial charge in [0.15, 0.2) is 0 Å². The Labute approximate surface area is 114 Å². The number of carboxylic acids is 1. The fourth-order valence-corrected chi connectivity index (χ4v) is 1.96. The highest BCUT2D eigenvalue weighted by molar-refractivity contribution is 9.10. The van der Waals surface area contributed by atoms with Crippen molar-refractivity contribution in [3.05, 3.63) is 28.2 Å². The third-order valence-corrected chi connectivity index (χ3v) is 2.90. The van der Waals surface area contributed by atoms with Crippen molar-refractivity contribution in [1.29, 1.82) is 0 Å². The van der Waals surface area contributed by atoms with Gasteiger partial charge in [0.25, 0.3) is 0 Å². The first-order valence-corrected chi connectivity index (χ1v) is 6.22. The minimum atomic E-state index is -0.902. The highest BCUT2D eigenvalue weighted by atomic mass is 79.9. The molecule has 0 saturated carbocycles. The maximum absolute atomic E-state index is 10.8. The van der Waals surface area contributed by atoms with E-state index in [0.29, 0.717) is 25.3 Å². The molecule has 5 nitrogen and oxygen atoms in total. The molecule has 1 aromatic rings. The third-order valence-electron chi connectivity index (χ3n) is 2.41. The summed E-state index contributed by atoms with van der Waals surface area (Å²) in [7, 11) is 1.57. The van der Waals surface area contributed by atoms with E-state index in [9.17, 15) is 9.90 Å². The van der Waals surface area contributed by atoms with Crippen LogP contribution < -0.4 is 0 Å². The highest BCUT2D eigenvalue weighted by Crippen LogP contribution is 2.23. The molecule has 2 N–H and O–H groups in total. The number of ether oxygens (including phenoxy) is 1. The van der Waals surface area contributed by atoms with Crippen LogP contribution in [0.2, 0.25) is 0 Å². The van der Waals surface area contributed by atoms with Crippen molar-refractivity contribution in [3.8, 4) is 5.75 Å². The first kappa shape index (κ1) is 14.9.